The number of hydrogen-bond acceptors (Lipinski definition) is 8. The molecule has 0 bridgehead atoms. The molecule has 10 nitrogen and oxygen atoms in total. The van der Waals surface area contributed by atoms with Gasteiger partial charge in [-0.05, 0) is 75.5 Å². The summed E-state index contributed by atoms with van der Waals surface area (Å²) in [7, 11) is -3.89. The van der Waals surface area contributed by atoms with Gasteiger partial charge in [0.2, 0.25) is 5.95 Å². The number of ether oxygens (including phenoxy) is 2. The first-order valence-corrected chi connectivity index (χ1v) is 12.9. The van der Waals surface area contributed by atoms with E-state index < -0.39 is 15.9 Å². The lowest BCUT2D eigenvalue weighted by Crippen LogP contribution is -2.34. The molecule has 0 saturated carbocycles. The molecule has 1 heterocycles. The molecular formula is C24H27N5O5S2. The number of hydrogen-bond donors (Lipinski definition) is 3. The van der Waals surface area contributed by atoms with Gasteiger partial charge in [-0.25, -0.2) is 23.1 Å². The number of nitrogens with zero attached hydrogens (tertiary/aromatic N) is 2. The topological polar surface area (TPSA) is 132 Å². The molecule has 0 aliphatic heterocycles. The quantitative estimate of drug-likeness (QED) is 0.267. The molecule has 3 rings (SSSR count). The lowest BCUT2D eigenvalue weighted by Gasteiger charge is -2.13. The number of carbonyl (C=O) groups is 1. The van der Waals surface area contributed by atoms with E-state index in [4.69, 9.17) is 21.7 Å². The Morgan fingerprint density at radius 3 is 2.33 bits per heavy atom. The first-order valence-electron chi connectivity index (χ1n) is 11.0. The molecule has 0 unspecified atom stereocenters. The van der Waals surface area contributed by atoms with Crippen molar-refractivity contribution in [3.8, 4) is 5.75 Å². The zero-order valence-corrected chi connectivity index (χ0v) is 21.7. The van der Waals surface area contributed by atoms with Crippen LogP contribution in [0.25, 0.3) is 0 Å². The number of rotatable bonds is 10. The molecule has 1 aromatic heterocycles. The second-order valence-electron chi connectivity index (χ2n) is 7.55. The monoisotopic (exact) mass is 529 g/mol. The van der Waals surface area contributed by atoms with E-state index in [0.717, 1.165) is 0 Å². The normalized spacial score (nSPS) is 11.0. The third-order valence-corrected chi connectivity index (χ3v) is 6.23. The summed E-state index contributed by atoms with van der Waals surface area (Å²) < 4.78 is 38.6. The van der Waals surface area contributed by atoms with E-state index in [1.807, 2.05) is 6.92 Å². The number of aryl methyl sites for hydroxylation is 2. The van der Waals surface area contributed by atoms with Gasteiger partial charge in [-0.3, -0.25) is 10.1 Å². The van der Waals surface area contributed by atoms with E-state index >= 15 is 0 Å². The fourth-order valence-electron chi connectivity index (χ4n) is 3.14. The molecule has 0 radical (unpaired) electrons. The van der Waals surface area contributed by atoms with Crippen molar-refractivity contribution in [3.63, 3.8) is 0 Å². The number of para-hydroxylation sites is 1. The van der Waals surface area contributed by atoms with Crippen molar-refractivity contribution in [1.82, 2.24) is 15.3 Å². The average molecular weight is 530 g/mol. The molecule has 0 aliphatic rings. The summed E-state index contributed by atoms with van der Waals surface area (Å²) in [6.45, 7) is 6.69. The SMILES string of the molecule is CCOCCOc1ccccc1C(=O)NC(=S)Nc1ccc(S(=O)(=O)Nc2nc(C)cc(C)n2)cc1. The van der Waals surface area contributed by atoms with E-state index in [9.17, 15) is 13.2 Å². The molecule has 0 aliphatic carbocycles. The van der Waals surface area contributed by atoms with Crippen molar-refractivity contribution in [2.24, 2.45) is 0 Å². The number of nitrogens with one attached hydrogen (secondary N) is 3. The van der Waals surface area contributed by atoms with Crippen LogP contribution in [0.4, 0.5) is 11.6 Å². The zero-order chi connectivity index (χ0) is 26.1. The highest BCUT2D eigenvalue weighted by Crippen LogP contribution is 2.19. The largest absolute Gasteiger partial charge is 0.490 e. The van der Waals surface area contributed by atoms with Crippen molar-refractivity contribution >= 4 is 44.9 Å². The van der Waals surface area contributed by atoms with Crippen LogP contribution in [0.1, 0.15) is 28.7 Å². The van der Waals surface area contributed by atoms with E-state index in [1.165, 1.54) is 24.3 Å². The van der Waals surface area contributed by atoms with Crippen molar-refractivity contribution in [1.29, 1.82) is 0 Å². The molecule has 3 N–H and O–H groups in total. The van der Waals surface area contributed by atoms with E-state index in [0.29, 0.717) is 48.2 Å². The van der Waals surface area contributed by atoms with Crippen molar-refractivity contribution in [3.05, 3.63) is 71.5 Å². The van der Waals surface area contributed by atoms with Crippen LogP contribution < -0.4 is 20.1 Å². The van der Waals surface area contributed by atoms with Crippen LogP contribution in [0.5, 0.6) is 5.75 Å². The number of thiocarbonyl (C=S) groups is 1. The smallest absolute Gasteiger partial charge is 0.264 e. The molecule has 0 fully saturated rings. The molecule has 0 spiro atoms. The maximum absolute atomic E-state index is 12.7. The standard InChI is InChI=1S/C24H27N5O5S2/c1-4-33-13-14-34-21-8-6-5-7-20(21)22(30)28-24(35)27-18-9-11-19(12-10-18)36(31,32)29-23-25-16(2)15-17(3)26-23/h5-12,15H,4,13-14H2,1-3H3,(H,25,26,29)(H2,27,28,30,35). The summed E-state index contributed by atoms with van der Waals surface area (Å²) in [4.78, 5) is 20.9. The Morgan fingerprint density at radius 2 is 1.67 bits per heavy atom. The number of benzene rings is 2. The summed E-state index contributed by atoms with van der Waals surface area (Å²) in [6.07, 6.45) is 0. The minimum atomic E-state index is -3.89. The molecule has 190 valence electrons. The van der Waals surface area contributed by atoms with Crippen LogP contribution in [-0.4, -0.2) is 49.2 Å². The van der Waals surface area contributed by atoms with Crippen molar-refractivity contribution in [2.45, 2.75) is 25.7 Å². The minimum absolute atomic E-state index is 0.000687. The maximum Gasteiger partial charge on any atom is 0.264 e. The van der Waals surface area contributed by atoms with Crippen LogP contribution in [0.3, 0.4) is 0 Å². The van der Waals surface area contributed by atoms with Gasteiger partial charge in [0, 0.05) is 23.7 Å². The zero-order valence-electron chi connectivity index (χ0n) is 20.1. The van der Waals surface area contributed by atoms with Gasteiger partial charge >= 0.3 is 0 Å². The molecule has 0 atom stereocenters. The highest BCUT2D eigenvalue weighted by atomic mass is 32.2. The van der Waals surface area contributed by atoms with Crippen molar-refractivity contribution in [2.75, 3.05) is 29.9 Å². The van der Waals surface area contributed by atoms with Crippen LogP contribution >= 0.6 is 12.2 Å². The minimum Gasteiger partial charge on any atom is -0.490 e. The summed E-state index contributed by atoms with van der Waals surface area (Å²) in [5.41, 5.74) is 2.10. The summed E-state index contributed by atoms with van der Waals surface area (Å²) in [6, 6.07) is 14.4. The van der Waals surface area contributed by atoms with Gasteiger partial charge in [-0.1, -0.05) is 12.1 Å². The Kier molecular flexibility index (Phi) is 9.28. The average Bonchev–Trinajstić information content (AvgIpc) is 2.81. The summed E-state index contributed by atoms with van der Waals surface area (Å²) in [5.74, 6) is -0.0376. The fourth-order valence-corrected chi connectivity index (χ4v) is 4.29. The van der Waals surface area contributed by atoms with Gasteiger partial charge in [0.1, 0.15) is 12.4 Å². The van der Waals surface area contributed by atoms with Crippen LogP contribution in [0.2, 0.25) is 0 Å². The second-order valence-corrected chi connectivity index (χ2v) is 9.64. The lowest BCUT2D eigenvalue weighted by molar-refractivity contribution is 0.0958. The van der Waals surface area contributed by atoms with Crippen LogP contribution in [0, 0.1) is 13.8 Å². The number of anilines is 2. The number of sulfonamides is 1. The Labute approximate surface area is 215 Å². The van der Waals surface area contributed by atoms with Gasteiger partial charge in [-0.15, -0.1) is 0 Å². The Bertz CT molecular complexity index is 1310. The third kappa shape index (κ3) is 7.70. The van der Waals surface area contributed by atoms with Gasteiger partial charge in [0.05, 0.1) is 17.1 Å². The Hall–Kier alpha value is -3.61. The van der Waals surface area contributed by atoms with Gasteiger partial charge in [0.25, 0.3) is 15.9 Å². The molecule has 0 saturated heterocycles. The van der Waals surface area contributed by atoms with Gasteiger partial charge in [-0.2, -0.15) is 0 Å². The van der Waals surface area contributed by atoms with Crippen LogP contribution in [-0.2, 0) is 14.8 Å². The summed E-state index contributed by atoms with van der Waals surface area (Å²) in [5, 5.41) is 5.50. The first kappa shape index (κ1) is 27.0. The first-order chi connectivity index (χ1) is 17.2. The van der Waals surface area contributed by atoms with Gasteiger partial charge in [0.15, 0.2) is 5.11 Å². The molecule has 12 heteroatoms. The Morgan fingerprint density at radius 1 is 1.00 bits per heavy atom. The number of aromatic nitrogens is 2. The number of carbonyl (C=O) groups excluding carboxylic acids is 1. The molecule has 3 aromatic rings. The summed E-state index contributed by atoms with van der Waals surface area (Å²) >= 11 is 5.24. The molecule has 2 aromatic carbocycles. The molecule has 36 heavy (non-hydrogen) atoms. The van der Waals surface area contributed by atoms with Crippen molar-refractivity contribution < 1.29 is 22.7 Å². The third-order valence-electron chi connectivity index (χ3n) is 4.68. The van der Waals surface area contributed by atoms with E-state index in [1.54, 1.807) is 44.2 Å². The second kappa shape index (κ2) is 12.4. The highest BCUT2D eigenvalue weighted by Gasteiger charge is 2.17. The predicted octanol–water partition coefficient (Wildman–Crippen LogP) is 3.44. The molecular weight excluding hydrogens is 502 g/mol. The highest BCUT2D eigenvalue weighted by molar-refractivity contribution is 7.92. The van der Waals surface area contributed by atoms with Crippen LogP contribution in [0.15, 0.2) is 59.5 Å². The number of amides is 1. The maximum atomic E-state index is 12.7. The van der Waals surface area contributed by atoms with Gasteiger partial charge < -0.3 is 14.8 Å². The predicted molar refractivity (Wildman–Crippen MR) is 141 cm³/mol. The van der Waals surface area contributed by atoms with E-state index in [2.05, 4.69) is 25.3 Å². The molecule has 1 amide bonds. The lowest BCUT2D eigenvalue weighted by atomic mass is 10.2. The fraction of sp³-hybridized carbons (Fsp3) is 0.250. The van der Waals surface area contributed by atoms with E-state index in [-0.39, 0.29) is 16.0 Å². The Balaban J connectivity index is 1.61.